The quantitative estimate of drug-likeness (QED) is 0.587. The van der Waals surface area contributed by atoms with Gasteiger partial charge in [0.05, 0.1) is 0 Å². The Balaban J connectivity index is 1.97. The molecule has 1 aliphatic heterocycles. The first-order valence-electron chi connectivity index (χ1n) is 7.12. The highest BCUT2D eigenvalue weighted by Crippen LogP contribution is 2.20. The number of hydrogen-bond donors (Lipinski definition) is 1. The largest absolute Gasteiger partial charge is 0.466 e. The van der Waals surface area contributed by atoms with Gasteiger partial charge in [0.25, 0.3) is 0 Å². The highest BCUT2D eigenvalue weighted by molar-refractivity contribution is 5.03. The van der Waals surface area contributed by atoms with E-state index in [0.717, 1.165) is 5.76 Å². The number of rotatable bonds is 9. The molecular formula is C15H27NO. The molecule has 0 aromatic carbocycles. The van der Waals surface area contributed by atoms with Crippen LogP contribution in [0.4, 0.5) is 0 Å². The molecule has 0 fully saturated rings. The van der Waals surface area contributed by atoms with Crippen LogP contribution >= 0.6 is 0 Å². The van der Waals surface area contributed by atoms with E-state index < -0.39 is 0 Å². The van der Waals surface area contributed by atoms with Crippen molar-refractivity contribution >= 4 is 0 Å². The number of unbranched alkanes of at least 4 members (excludes halogenated alkanes) is 6. The smallest absolute Gasteiger partial charge is 0.122 e. The summed E-state index contributed by atoms with van der Waals surface area (Å²) in [6.07, 6.45) is 16.4. The Hall–Kier alpha value is -0.920. The minimum Gasteiger partial charge on any atom is -0.466 e. The highest BCUT2D eigenvalue weighted by Gasteiger charge is 2.10. The molecule has 1 heterocycles. The van der Waals surface area contributed by atoms with Gasteiger partial charge in [-0.3, -0.25) is 0 Å². The van der Waals surface area contributed by atoms with Gasteiger partial charge in [0.1, 0.15) is 12.0 Å². The van der Waals surface area contributed by atoms with Crippen LogP contribution < -0.4 is 5.32 Å². The lowest BCUT2D eigenvalue weighted by Crippen LogP contribution is -2.09. The average molecular weight is 237 g/mol. The van der Waals surface area contributed by atoms with Crippen molar-refractivity contribution in [3.63, 3.8) is 0 Å². The third-order valence-corrected chi connectivity index (χ3v) is 3.32. The van der Waals surface area contributed by atoms with E-state index >= 15 is 0 Å². The Morgan fingerprint density at radius 1 is 1.12 bits per heavy atom. The second-order valence-electron chi connectivity index (χ2n) is 4.95. The van der Waals surface area contributed by atoms with Gasteiger partial charge in [0.15, 0.2) is 0 Å². The molecule has 1 rings (SSSR count). The zero-order valence-electron chi connectivity index (χ0n) is 11.4. The normalized spacial score (nSPS) is 16.0. The highest BCUT2D eigenvalue weighted by atomic mass is 16.5. The van der Waals surface area contributed by atoms with Crippen LogP contribution in [0, 0.1) is 5.92 Å². The summed E-state index contributed by atoms with van der Waals surface area (Å²) in [5.74, 6) is 1.60. The number of nitrogens with one attached hydrogen (secondary N) is 1. The molecule has 2 heteroatoms. The fourth-order valence-corrected chi connectivity index (χ4v) is 2.12. The molecule has 0 aliphatic carbocycles. The Labute approximate surface area is 106 Å². The summed E-state index contributed by atoms with van der Waals surface area (Å²) in [5, 5.41) is 3.07. The van der Waals surface area contributed by atoms with Gasteiger partial charge in [-0.15, -0.1) is 0 Å². The van der Waals surface area contributed by atoms with Crippen molar-refractivity contribution in [1.29, 1.82) is 0 Å². The van der Waals surface area contributed by atoms with Crippen LogP contribution in [0.15, 0.2) is 24.4 Å². The van der Waals surface area contributed by atoms with Gasteiger partial charge in [0, 0.05) is 18.3 Å². The summed E-state index contributed by atoms with van der Waals surface area (Å²) in [5.41, 5.74) is 0. The average Bonchev–Trinajstić information content (AvgIpc) is 2.38. The van der Waals surface area contributed by atoms with Gasteiger partial charge in [-0.25, -0.2) is 0 Å². The summed E-state index contributed by atoms with van der Waals surface area (Å²) in [7, 11) is 0. The van der Waals surface area contributed by atoms with E-state index in [9.17, 15) is 0 Å². The molecule has 0 saturated carbocycles. The molecule has 2 nitrogen and oxygen atoms in total. The Morgan fingerprint density at radius 2 is 1.82 bits per heavy atom. The minimum absolute atomic E-state index is 0.531. The van der Waals surface area contributed by atoms with E-state index in [4.69, 9.17) is 4.74 Å². The molecular weight excluding hydrogens is 210 g/mol. The fourth-order valence-electron chi connectivity index (χ4n) is 2.12. The van der Waals surface area contributed by atoms with Gasteiger partial charge in [-0.05, 0) is 6.42 Å². The lowest BCUT2D eigenvalue weighted by molar-refractivity contribution is 0.276. The van der Waals surface area contributed by atoms with Crippen molar-refractivity contribution < 1.29 is 4.74 Å². The number of ether oxygens (including phenoxy) is 1. The van der Waals surface area contributed by atoms with Gasteiger partial charge < -0.3 is 10.1 Å². The standard InChI is InChI=1S/C15H27NO/c1-3-4-5-6-7-8-9-10-14(2)15-13-16-11-12-17-15/h11-14,16H,3-10H2,1-2H3. The molecule has 0 aromatic rings. The molecule has 0 amide bonds. The second kappa shape index (κ2) is 9.15. The molecule has 0 radical (unpaired) electrons. The maximum atomic E-state index is 5.47. The van der Waals surface area contributed by atoms with Crippen molar-refractivity contribution in [2.45, 2.75) is 65.2 Å². The number of hydrogen-bond acceptors (Lipinski definition) is 2. The van der Waals surface area contributed by atoms with Gasteiger partial charge in [0.2, 0.25) is 0 Å². The first-order valence-corrected chi connectivity index (χ1v) is 7.12. The molecule has 17 heavy (non-hydrogen) atoms. The first-order chi connectivity index (χ1) is 8.34. The zero-order chi connectivity index (χ0) is 12.3. The van der Waals surface area contributed by atoms with Crippen molar-refractivity contribution in [3.05, 3.63) is 24.4 Å². The third kappa shape index (κ3) is 6.40. The van der Waals surface area contributed by atoms with Crippen LogP contribution in [0.1, 0.15) is 65.2 Å². The predicted octanol–water partition coefficient (Wildman–Crippen LogP) is 4.70. The number of allylic oxidation sites excluding steroid dienone is 1. The summed E-state index contributed by atoms with van der Waals surface area (Å²) in [4.78, 5) is 0. The Morgan fingerprint density at radius 3 is 2.47 bits per heavy atom. The topological polar surface area (TPSA) is 21.3 Å². The van der Waals surface area contributed by atoms with Crippen LogP contribution in [0.3, 0.4) is 0 Å². The SMILES string of the molecule is CCCCCCCCCC(C)C1=CNC=CO1. The molecule has 0 spiro atoms. The summed E-state index contributed by atoms with van der Waals surface area (Å²) < 4.78 is 5.47. The molecule has 0 aromatic heterocycles. The molecule has 1 aliphatic rings. The predicted molar refractivity (Wildman–Crippen MR) is 73.2 cm³/mol. The third-order valence-electron chi connectivity index (χ3n) is 3.32. The van der Waals surface area contributed by atoms with Gasteiger partial charge in [-0.1, -0.05) is 58.8 Å². The molecule has 1 atom stereocenters. The monoisotopic (exact) mass is 237 g/mol. The van der Waals surface area contributed by atoms with E-state index in [1.165, 1.54) is 51.4 Å². The molecule has 1 unspecified atom stereocenters. The van der Waals surface area contributed by atoms with Crippen molar-refractivity contribution in [1.82, 2.24) is 5.32 Å². The van der Waals surface area contributed by atoms with E-state index in [0.29, 0.717) is 5.92 Å². The molecule has 0 saturated heterocycles. The lowest BCUT2D eigenvalue weighted by atomic mass is 10.00. The summed E-state index contributed by atoms with van der Waals surface area (Å²) >= 11 is 0. The van der Waals surface area contributed by atoms with Crippen LogP contribution in [0.25, 0.3) is 0 Å². The summed E-state index contributed by atoms with van der Waals surface area (Å²) in [6.45, 7) is 4.51. The van der Waals surface area contributed by atoms with E-state index in [-0.39, 0.29) is 0 Å². The van der Waals surface area contributed by atoms with E-state index in [2.05, 4.69) is 19.2 Å². The Kier molecular flexibility index (Phi) is 7.61. The van der Waals surface area contributed by atoms with Gasteiger partial charge >= 0.3 is 0 Å². The fraction of sp³-hybridized carbons (Fsp3) is 0.733. The molecule has 1 N–H and O–H groups in total. The molecule has 98 valence electrons. The van der Waals surface area contributed by atoms with E-state index in [1.807, 2.05) is 12.4 Å². The maximum Gasteiger partial charge on any atom is 0.122 e. The minimum atomic E-state index is 0.531. The van der Waals surface area contributed by atoms with E-state index in [1.54, 1.807) is 6.26 Å². The second-order valence-corrected chi connectivity index (χ2v) is 4.95. The molecule has 0 bridgehead atoms. The summed E-state index contributed by atoms with van der Waals surface area (Å²) in [6, 6.07) is 0. The van der Waals surface area contributed by atoms with Gasteiger partial charge in [-0.2, -0.15) is 0 Å². The maximum absolute atomic E-state index is 5.47. The zero-order valence-corrected chi connectivity index (χ0v) is 11.4. The van der Waals surface area contributed by atoms with Crippen molar-refractivity contribution in [2.75, 3.05) is 0 Å². The van der Waals surface area contributed by atoms with Crippen molar-refractivity contribution in [2.24, 2.45) is 5.92 Å². The van der Waals surface area contributed by atoms with Crippen LogP contribution in [-0.2, 0) is 4.74 Å². The van der Waals surface area contributed by atoms with Crippen molar-refractivity contribution in [3.8, 4) is 0 Å². The van der Waals surface area contributed by atoms with Crippen LogP contribution in [-0.4, -0.2) is 0 Å². The lowest BCUT2D eigenvalue weighted by Gasteiger charge is -2.17. The van der Waals surface area contributed by atoms with Crippen LogP contribution in [0.5, 0.6) is 0 Å². The van der Waals surface area contributed by atoms with Crippen LogP contribution in [0.2, 0.25) is 0 Å². The Bertz CT molecular complexity index is 245. The first kappa shape index (κ1) is 14.1.